The SMILES string of the molecule is N#Cc1c(Nc2cc(F)c(C3CC3)c(F)c2)s[nH]c1=O. The van der Waals surface area contributed by atoms with E-state index in [1.165, 1.54) is 12.1 Å². The summed E-state index contributed by atoms with van der Waals surface area (Å²) in [6.07, 6.45) is 1.61. The highest BCUT2D eigenvalue weighted by molar-refractivity contribution is 7.10. The van der Waals surface area contributed by atoms with Crippen LogP contribution >= 0.6 is 11.5 Å². The van der Waals surface area contributed by atoms with E-state index in [1.54, 1.807) is 6.07 Å². The summed E-state index contributed by atoms with van der Waals surface area (Å²) in [5, 5.41) is 11.8. The smallest absolute Gasteiger partial charge is 0.278 e. The first-order chi connectivity index (χ1) is 9.60. The second kappa shape index (κ2) is 4.72. The molecular formula is C13H9F2N3OS. The molecule has 1 heterocycles. The quantitative estimate of drug-likeness (QED) is 0.913. The molecule has 20 heavy (non-hydrogen) atoms. The van der Waals surface area contributed by atoms with Crippen molar-refractivity contribution in [1.82, 2.24) is 4.37 Å². The van der Waals surface area contributed by atoms with E-state index < -0.39 is 17.2 Å². The van der Waals surface area contributed by atoms with Crippen LogP contribution in [0.5, 0.6) is 0 Å². The number of rotatable bonds is 3. The van der Waals surface area contributed by atoms with Gasteiger partial charge in [0.2, 0.25) is 0 Å². The van der Waals surface area contributed by atoms with Gasteiger partial charge in [-0.05, 0) is 42.4 Å². The van der Waals surface area contributed by atoms with Crippen molar-refractivity contribution >= 4 is 22.2 Å². The number of benzene rings is 1. The van der Waals surface area contributed by atoms with Crippen LogP contribution in [-0.2, 0) is 0 Å². The molecule has 2 N–H and O–H groups in total. The van der Waals surface area contributed by atoms with Crippen molar-refractivity contribution in [2.45, 2.75) is 18.8 Å². The van der Waals surface area contributed by atoms with Gasteiger partial charge in [-0.25, -0.2) is 8.78 Å². The fraction of sp³-hybridized carbons (Fsp3) is 0.231. The fourth-order valence-electron chi connectivity index (χ4n) is 2.04. The summed E-state index contributed by atoms with van der Waals surface area (Å²) in [4.78, 5) is 11.3. The number of hydrogen-bond donors (Lipinski definition) is 2. The summed E-state index contributed by atoms with van der Waals surface area (Å²) in [6.45, 7) is 0. The minimum absolute atomic E-state index is 0.0259. The van der Waals surface area contributed by atoms with Crippen molar-refractivity contribution in [2.24, 2.45) is 0 Å². The highest BCUT2D eigenvalue weighted by atomic mass is 32.1. The zero-order valence-corrected chi connectivity index (χ0v) is 11.0. The summed E-state index contributed by atoms with van der Waals surface area (Å²) in [5.41, 5.74) is -0.313. The van der Waals surface area contributed by atoms with Gasteiger partial charge in [0.15, 0.2) is 5.56 Å². The lowest BCUT2D eigenvalue weighted by Gasteiger charge is -2.08. The number of H-pyrrole nitrogens is 1. The average Bonchev–Trinajstić information content (AvgIpc) is 3.14. The molecule has 0 saturated heterocycles. The summed E-state index contributed by atoms with van der Waals surface area (Å²) in [6, 6.07) is 4.11. The number of halogens is 2. The molecule has 0 radical (unpaired) electrons. The van der Waals surface area contributed by atoms with Crippen molar-refractivity contribution < 1.29 is 8.78 Å². The van der Waals surface area contributed by atoms with E-state index >= 15 is 0 Å². The molecule has 1 saturated carbocycles. The molecule has 102 valence electrons. The van der Waals surface area contributed by atoms with Crippen LogP contribution < -0.4 is 10.9 Å². The Hall–Kier alpha value is -2.20. The first kappa shape index (κ1) is 12.8. The molecule has 1 aliphatic carbocycles. The third kappa shape index (κ3) is 2.18. The maximum absolute atomic E-state index is 13.9. The van der Waals surface area contributed by atoms with Gasteiger partial charge >= 0.3 is 0 Å². The van der Waals surface area contributed by atoms with Crippen molar-refractivity contribution in [2.75, 3.05) is 5.32 Å². The summed E-state index contributed by atoms with van der Waals surface area (Å²) < 4.78 is 30.2. The van der Waals surface area contributed by atoms with Crippen LogP contribution in [0.15, 0.2) is 16.9 Å². The summed E-state index contributed by atoms with van der Waals surface area (Å²) in [5.74, 6) is -1.23. The summed E-state index contributed by atoms with van der Waals surface area (Å²) in [7, 11) is 0. The highest BCUT2D eigenvalue weighted by Gasteiger charge is 2.30. The zero-order chi connectivity index (χ0) is 14.3. The molecular weight excluding hydrogens is 284 g/mol. The Balaban J connectivity index is 1.95. The van der Waals surface area contributed by atoms with Gasteiger partial charge in [-0.2, -0.15) is 5.26 Å². The molecule has 0 aliphatic heterocycles. The minimum atomic E-state index is -0.601. The van der Waals surface area contributed by atoms with Gasteiger partial charge in [-0.15, -0.1) is 0 Å². The lowest BCUT2D eigenvalue weighted by Crippen LogP contribution is -2.03. The Morgan fingerprint density at radius 2 is 2.00 bits per heavy atom. The Morgan fingerprint density at radius 3 is 2.55 bits per heavy atom. The molecule has 1 aromatic heterocycles. The predicted octanol–water partition coefficient (Wildman–Crippen LogP) is 3.21. The van der Waals surface area contributed by atoms with E-state index in [9.17, 15) is 13.6 Å². The first-order valence-corrected chi connectivity index (χ1v) is 6.79. The number of nitrogens with zero attached hydrogens (tertiary/aromatic N) is 1. The fourth-order valence-corrected chi connectivity index (χ4v) is 2.75. The largest absolute Gasteiger partial charge is 0.345 e. The van der Waals surface area contributed by atoms with Crippen LogP contribution in [0, 0.1) is 23.0 Å². The second-order valence-electron chi connectivity index (χ2n) is 4.60. The lowest BCUT2D eigenvalue weighted by atomic mass is 10.1. The van der Waals surface area contributed by atoms with Crippen LogP contribution in [-0.4, -0.2) is 4.37 Å². The number of nitrogens with one attached hydrogen (secondary N) is 2. The van der Waals surface area contributed by atoms with Gasteiger partial charge in [0, 0.05) is 11.3 Å². The normalized spacial score (nSPS) is 14.1. The summed E-state index contributed by atoms with van der Waals surface area (Å²) >= 11 is 0.914. The molecule has 0 spiro atoms. The lowest BCUT2D eigenvalue weighted by molar-refractivity contribution is 0.558. The van der Waals surface area contributed by atoms with Crippen molar-refractivity contribution in [3.05, 3.63) is 45.2 Å². The topological polar surface area (TPSA) is 68.7 Å². The van der Waals surface area contributed by atoms with Gasteiger partial charge in [0.25, 0.3) is 5.56 Å². The first-order valence-electron chi connectivity index (χ1n) is 5.97. The van der Waals surface area contributed by atoms with Crippen LogP contribution in [0.4, 0.5) is 19.5 Å². The van der Waals surface area contributed by atoms with E-state index in [4.69, 9.17) is 5.26 Å². The van der Waals surface area contributed by atoms with Gasteiger partial charge in [0.05, 0.1) is 0 Å². The molecule has 1 aromatic carbocycles. The molecule has 3 rings (SSSR count). The van der Waals surface area contributed by atoms with Crippen LogP contribution in [0.2, 0.25) is 0 Å². The maximum Gasteiger partial charge on any atom is 0.278 e. The van der Waals surface area contributed by atoms with Gasteiger partial charge < -0.3 is 5.32 Å². The molecule has 1 aliphatic rings. The highest BCUT2D eigenvalue weighted by Crippen LogP contribution is 2.43. The van der Waals surface area contributed by atoms with E-state index in [0.29, 0.717) is 0 Å². The molecule has 1 fully saturated rings. The van der Waals surface area contributed by atoms with Crippen molar-refractivity contribution in [3.63, 3.8) is 0 Å². The predicted molar refractivity (Wildman–Crippen MR) is 71.3 cm³/mol. The number of aromatic amines is 1. The monoisotopic (exact) mass is 293 g/mol. The average molecular weight is 293 g/mol. The number of nitriles is 1. The van der Waals surface area contributed by atoms with E-state index in [1.807, 2.05) is 0 Å². The van der Waals surface area contributed by atoms with E-state index in [-0.39, 0.29) is 27.7 Å². The van der Waals surface area contributed by atoms with E-state index in [0.717, 1.165) is 24.4 Å². The van der Waals surface area contributed by atoms with Gasteiger partial charge in [-0.1, -0.05) is 0 Å². The maximum atomic E-state index is 13.9. The molecule has 0 bridgehead atoms. The third-order valence-electron chi connectivity index (χ3n) is 3.13. The van der Waals surface area contributed by atoms with Crippen molar-refractivity contribution in [3.8, 4) is 6.07 Å². The number of anilines is 2. The van der Waals surface area contributed by atoms with Gasteiger partial charge in [0.1, 0.15) is 22.7 Å². The molecule has 2 aromatic rings. The van der Waals surface area contributed by atoms with Crippen LogP contribution in [0.3, 0.4) is 0 Å². The molecule has 4 nitrogen and oxygen atoms in total. The van der Waals surface area contributed by atoms with Crippen LogP contribution in [0.1, 0.15) is 29.9 Å². The molecule has 0 unspecified atom stereocenters. The molecule has 7 heteroatoms. The number of hydrogen-bond acceptors (Lipinski definition) is 4. The molecule has 0 amide bonds. The standard InChI is InChI=1S/C13H9F2N3OS/c14-9-3-7(4-10(15)11(9)6-1-2-6)17-13-8(5-16)12(19)18-20-13/h3-4,6,17H,1-2H2,(H,18,19). The minimum Gasteiger partial charge on any atom is -0.345 e. The zero-order valence-electron chi connectivity index (χ0n) is 10.2. The Bertz CT molecular complexity index is 748. The van der Waals surface area contributed by atoms with Gasteiger partial charge in [-0.3, -0.25) is 9.17 Å². The third-order valence-corrected chi connectivity index (χ3v) is 3.93. The molecule has 0 atom stereocenters. The second-order valence-corrected chi connectivity index (χ2v) is 5.42. The Labute approximate surface area is 116 Å². The Morgan fingerprint density at radius 1 is 1.35 bits per heavy atom. The Kier molecular flexibility index (Phi) is 3.03. The number of aromatic nitrogens is 1. The van der Waals surface area contributed by atoms with E-state index in [2.05, 4.69) is 9.69 Å². The van der Waals surface area contributed by atoms with Crippen molar-refractivity contribution in [1.29, 1.82) is 5.26 Å². The van der Waals surface area contributed by atoms with Crippen LogP contribution in [0.25, 0.3) is 0 Å².